The molecule has 1 unspecified atom stereocenters. The average Bonchev–Trinajstić information content (AvgIpc) is 3.00. The number of hydrogen-bond donors (Lipinski definition) is 1. The minimum Gasteiger partial charge on any atom is -0.479 e. The van der Waals surface area contributed by atoms with Crippen LogP contribution in [0.15, 0.2) is 53.4 Å². The minimum atomic E-state index is -3.51. The molecule has 29 heavy (non-hydrogen) atoms. The molecule has 1 amide bonds. The van der Waals surface area contributed by atoms with E-state index in [9.17, 15) is 13.2 Å². The Morgan fingerprint density at radius 3 is 2.28 bits per heavy atom. The highest BCUT2D eigenvalue weighted by Crippen LogP contribution is 2.25. The number of sulfonamides is 1. The van der Waals surface area contributed by atoms with Gasteiger partial charge in [-0.1, -0.05) is 36.6 Å². The summed E-state index contributed by atoms with van der Waals surface area (Å²) in [4.78, 5) is 12.6. The van der Waals surface area contributed by atoms with Gasteiger partial charge in [0.25, 0.3) is 5.91 Å². The standard InChI is InChI=1S/C21H25ClN2O4S/c1-16(28-20-9-5-4-8-19(20)22)21(25)23-17-10-12-18(13-11-17)29(26,27)24-14-6-2-3-7-15-24/h4-5,8-13,16H,2-3,6-7,14-15H2,1H3,(H,23,25). The lowest BCUT2D eigenvalue weighted by molar-refractivity contribution is -0.122. The van der Waals surface area contributed by atoms with Crippen LogP contribution in [0.3, 0.4) is 0 Å². The third-order valence-corrected chi connectivity index (χ3v) is 7.06. The number of anilines is 1. The van der Waals surface area contributed by atoms with Crippen LogP contribution in [0.1, 0.15) is 32.6 Å². The number of nitrogens with zero attached hydrogens (tertiary/aromatic N) is 1. The van der Waals surface area contributed by atoms with Crippen LogP contribution in [-0.2, 0) is 14.8 Å². The van der Waals surface area contributed by atoms with Gasteiger partial charge in [-0.15, -0.1) is 0 Å². The lowest BCUT2D eigenvalue weighted by atomic mass is 10.2. The molecule has 0 aromatic heterocycles. The Hall–Kier alpha value is -2.09. The smallest absolute Gasteiger partial charge is 0.265 e. The molecule has 1 fully saturated rings. The molecule has 0 radical (unpaired) electrons. The fraction of sp³-hybridized carbons (Fsp3) is 0.381. The molecule has 1 saturated heterocycles. The number of ether oxygens (including phenoxy) is 1. The maximum atomic E-state index is 12.8. The van der Waals surface area contributed by atoms with E-state index >= 15 is 0 Å². The summed E-state index contributed by atoms with van der Waals surface area (Å²) in [6.07, 6.45) is 3.12. The van der Waals surface area contributed by atoms with Gasteiger partial charge in [-0.25, -0.2) is 8.42 Å². The maximum absolute atomic E-state index is 12.8. The summed E-state index contributed by atoms with van der Waals surface area (Å²) in [5, 5.41) is 3.16. The molecule has 2 aromatic rings. The molecule has 2 aromatic carbocycles. The first-order valence-electron chi connectivity index (χ1n) is 9.70. The Kier molecular flexibility index (Phi) is 7.16. The number of carbonyl (C=O) groups is 1. The zero-order valence-electron chi connectivity index (χ0n) is 16.3. The van der Waals surface area contributed by atoms with Gasteiger partial charge < -0.3 is 10.1 Å². The van der Waals surface area contributed by atoms with Gasteiger partial charge >= 0.3 is 0 Å². The van der Waals surface area contributed by atoms with Crippen molar-refractivity contribution in [2.24, 2.45) is 0 Å². The van der Waals surface area contributed by atoms with Gasteiger partial charge in [0, 0.05) is 18.8 Å². The normalized spacial score (nSPS) is 16.6. The zero-order valence-corrected chi connectivity index (χ0v) is 17.9. The van der Waals surface area contributed by atoms with Crippen molar-refractivity contribution in [1.82, 2.24) is 4.31 Å². The topological polar surface area (TPSA) is 75.7 Å². The molecule has 3 rings (SSSR count). The van der Waals surface area contributed by atoms with Crippen LogP contribution in [0.5, 0.6) is 5.75 Å². The number of halogens is 1. The van der Waals surface area contributed by atoms with E-state index in [0.29, 0.717) is 29.5 Å². The number of carbonyl (C=O) groups excluding carboxylic acids is 1. The van der Waals surface area contributed by atoms with Gasteiger partial charge in [-0.3, -0.25) is 4.79 Å². The molecule has 0 spiro atoms. The fourth-order valence-electron chi connectivity index (χ4n) is 3.17. The van der Waals surface area contributed by atoms with Crippen LogP contribution in [-0.4, -0.2) is 37.8 Å². The Balaban J connectivity index is 1.63. The molecule has 1 aliphatic rings. The molecule has 6 nitrogen and oxygen atoms in total. The van der Waals surface area contributed by atoms with E-state index in [-0.39, 0.29) is 10.8 Å². The van der Waals surface area contributed by atoms with Crippen LogP contribution in [0.25, 0.3) is 0 Å². The number of amides is 1. The number of rotatable bonds is 6. The second kappa shape index (κ2) is 9.61. The van der Waals surface area contributed by atoms with Crippen LogP contribution in [0.2, 0.25) is 5.02 Å². The molecule has 1 heterocycles. The lowest BCUT2D eigenvalue weighted by Gasteiger charge is -2.20. The Morgan fingerprint density at radius 1 is 1.03 bits per heavy atom. The number of hydrogen-bond acceptors (Lipinski definition) is 4. The Morgan fingerprint density at radius 2 is 1.66 bits per heavy atom. The number of nitrogens with one attached hydrogen (secondary N) is 1. The van der Waals surface area contributed by atoms with E-state index in [4.69, 9.17) is 16.3 Å². The summed E-state index contributed by atoms with van der Waals surface area (Å²) in [7, 11) is -3.51. The van der Waals surface area contributed by atoms with Crippen molar-refractivity contribution < 1.29 is 17.9 Å². The molecular weight excluding hydrogens is 412 g/mol. The highest BCUT2D eigenvalue weighted by molar-refractivity contribution is 7.89. The highest BCUT2D eigenvalue weighted by Gasteiger charge is 2.25. The van der Waals surface area contributed by atoms with Crippen LogP contribution < -0.4 is 10.1 Å². The van der Waals surface area contributed by atoms with Crippen molar-refractivity contribution in [1.29, 1.82) is 0 Å². The first-order valence-corrected chi connectivity index (χ1v) is 11.5. The first-order chi connectivity index (χ1) is 13.9. The van der Waals surface area contributed by atoms with Crippen LogP contribution >= 0.6 is 11.6 Å². The van der Waals surface area contributed by atoms with Crippen molar-refractivity contribution in [3.8, 4) is 5.75 Å². The van der Waals surface area contributed by atoms with E-state index in [0.717, 1.165) is 25.7 Å². The quantitative estimate of drug-likeness (QED) is 0.732. The number of para-hydroxylation sites is 1. The fourth-order valence-corrected chi connectivity index (χ4v) is 4.87. The van der Waals surface area contributed by atoms with Crippen LogP contribution in [0.4, 0.5) is 5.69 Å². The summed E-state index contributed by atoms with van der Waals surface area (Å²) in [5.74, 6) is 0.0729. The van der Waals surface area contributed by atoms with E-state index in [1.807, 2.05) is 0 Å². The van der Waals surface area contributed by atoms with Crippen LogP contribution in [0, 0.1) is 0 Å². The van der Waals surface area contributed by atoms with Gasteiger partial charge in [0.05, 0.1) is 9.92 Å². The number of benzene rings is 2. The van der Waals surface area contributed by atoms with E-state index in [1.165, 1.54) is 12.1 Å². The Labute approximate surface area is 176 Å². The first kappa shape index (κ1) is 21.6. The molecule has 0 aliphatic carbocycles. The van der Waals surface area contributed by atoms with E-state index in [2.05, 4.69) is 5.32 Å². The lowest BCUT2D eigenvalue weighted by Crippen LogP contribution is -2.32. The zero-order chi connectivity index (χ0) is 20.9. The molecule has 0 saturated carbocycles. The van der Waals surface area contributed by atoms with Gasteiger partial charge in [0.1, 0.15) is 5.75 Å². The van der Waals surface area contributed by atoms with Gasteiger partial charge in [-0.05, 0) is 56.2 Å². The third-order valence-electron chi connectivity index (χ3n) is 4.83. The predicted octanol–water partition coefficient (Wildman–Crippen LogP) is 4.31. The minimum absolute atomic E-state index is 0.234. The van der Waals surface area contributed by atoms with Gasteiger partial charge in [0.15, 0.2) is 6.10 Å². The molecule has 0 bridgehead atoms. The van der Waals surface area contributed by atoms with Crippen molar-refractivity contribution in [2.45, 2.75) is 43.6 Å². The molecule has 1 N–H and O–H groups in total. The predicted molar refractivity (Wildman–Crippen MR) is 114 cm³/mol. The molecular formula is C21H25ClN2O4S. The molecule has 1 aliphatic heterocycles. The summed E-state index contributed by atoms with van der Waals surface area (Å²) >= 11 is 6.05. The summed E-state index contributed by atoms with van der Waals surface area (Å²) in [6.45, 7) is 2.73. The SMILES string of the molecule is CC(Oc1ccccc1Cl)C(=O)Nc1ccc(S(=O)(=O)N2CCCCCC2)cc1. The van der Waals surface area contributed by atoms with Crippen molar-refractivity contribution in [3.05, 3.63) is 53.6 Å². The summed E-state index contributed by atoms with van der Waals surface area (Å²) in [6, 6.07) is 13.1. The summed E-state index contributed by atoms with van der Waals surface area (Å²) in [5.41, 5.74) is 0.499. The van der Waals surface area contributed by atoms with E-state index < -0.39 is 16.1 Å². The van der Waals surface area contributed by atoms with Gasteiger partial charge in [-0.2, -0.15) is 4.31 Å². The summed E-state index contributed by atoms with van der Waals surface area (Å²) < 4.78 is 32.8. The Bertz CT molecular complexity index is 939. The molecule has 156 valence electrons. The second-order valence-electron chi connectivity index (χ2n) is 7.02. The second-order valence-corrected chi connectivity index (χ2v) is 9.37. The van der Waals surface area contributed by atoms with E-state index in [1.54, 1.807) is 47.6 Å². The monoisotopic (exact) mass is 436 g/mol. The molecule has 1 atom stereocenters. The largest absolute Gasteiger partial charge is 0.479 e. The average molecular weight is 437 g/mol. The molecule has 8 heteroatoms. The highest BCUT2D eigenvalue weighted by atomic mass is 35.5. The van der Waals surface area contributed by atoms with Crippen molar-refractivity contribution in [2.75, 3.05) is 18.4 Å². The van der Waals surface area contributed by atoms with Crippen molar-refractivity contribution >= 4 is 33.2 Å². The third kappa shape index (κ3) is 5.50. The maximum Gasteiger partial charge on any atom is 0.265 e. The van der Waals surface area contributed by atoms with Crippen molar-refractivity contribution in [3.63, 3.8) is 0 Å². The van der Waals surface area contributed by atoms with Gasteiger partial charge in [0.2, 0.25) is 10.0 Å².